The van der Waals surface area contributed by atoms with E-state index in [0.717, 1.165) is 18.0 Å². The summed E-state index contributed by atoms with van der Waals surface area (Å²) in [7, 11) is 0. The quantitative estimate of drug-likeness (QED) is 0.857. The molecule has 1 aliphatic heterocycles. The van der Waals surface area contributed by atoms with Gasteiger partial charge >= 0.3 is 0 Å². The lowest BCUT2D eigenvalue weighted by atomic mass is 9.77. The predicted molar refractivity (Wildman–Crippen MR) is 74.8 cm³/mol. The minimum absolute atomic E-state index is 0.0347. The first-order valence-corrected chi connectivity index (χ1v) is 7.30. The highest BCUT2D eigenvalue weighted by Gasteiger charge is 2.34. The molecule has 2 fully saturated rings. The molecule has 0 bridgehead atoms. The summed E-state index contributed by atoms with van der Waals surface area (Å²) in [4.78, 5) is 16.2. The number of carbonyl (C=O) groups is 1. The average Bonchev–Trinajstić information content (AvgIpc) is 2.48. The van der Waals surface area contributed by atoms with Gasteiger partial charge in [-0.15, -0.1) is 0 Å². The zero-order chi connectivity index (χ0) is 13.1. The number of piperidine rings is 1. The van der Waals surface area contributed by atoms with Crippen molar-refractivity contribution >= 4 is 11.6 Å². The Morgan fingerprint density at radius 3 is 2.79 bits per heavy atom. The summed E-state index contributed by atoms with van der Waals surface area (Å²) >= 11 is 0. The molecule has 1 aliphatic carbocycles. The summed E-state index contributed by atoms with van der Waals surface area (Å²) < 4.78 is 0. The number of hydrogen-bond acceptors (Lipinski definition) is 3. The third-order valence-electron chi connectivity index (χ3n) is 4.41. The van der Waals surface area contributed by atoms with Gasteiger partial charge in [-0.1, -0.05) is 12.8 Å². The Hall–Kier alpha value is -1.42. The van der Waals surface area contributed by atoms with Crippen LogP contribution in [0.15, 0.2) is 24.5 Å². The molecule has 1 saturated carbocycles. The molecule has 102 valence electrons. The van der Waals surface area contributed by atoms with Gasteiger partial charge in [-0.2, -0.15) is 0 Å². The molecule has 2 heterocycles. The highest BCUT2D eigenvalue weighted by atomic mass is 16.2. The Bertz CT molecular complexity index is 434. The van der Waals surface area contributed by atoms with Gasteiger partial charge in [-0.25, -0.2) is 0 Å². The summed E-state index contributed by atoms with van der Waals surface area (Å²) in [5.74, 6) is 0.883. The number of pyridine rings is 1. The van der Waals surface area contributed by atoms with Gasteiger partial charge in [0.1, 0.15) is 0 Å². The first kappa shape index (κ1) is 12.6. The van der Waals surface area contributed by atoms with Gasteiger partial charge in [0, 0.05) is 24.1 Å². The Balaban J connectivity index is 1.59. The highest BCUT2D eigenvalue weighted by Crippen LogP contribution is 2.32. The summed E-state index contributed by atoms with van der Waals surface area (Å²) in [5, 5.41) is 6.51. The maximum atomic E-state index is 12.2. The molecular formula is C15H21N3O. The molecule has 1 saturated heterocycles. The standard InChI is InChI=1S/C15H21N3O/c19-15(17-12-7-9-16-10-8-12)14-6-5-11-3-1-2-4-13(11)18-14/h7-11,13-14,18H,1-6H2,(H,16,17,19). The number of rotatable bonds is 2. The molecule has 3 unspecified atom stereocenters. The van der Waals surface area contributed by atoms with Crippen molar-refractivity contribution in [2.24, 2.45) is 5.92 Å². The molecule has 4 nitrogen and oxygen atoms in total. The lowest BCUT2D eigenvalue weighted by Gasteiger charge is -2.39. The van der Waals surface area contributed by atoms with E-state index in [9.17, 15) is 4.79 Å². The maximum Gasteiger partial charge on any atom is 0.241 e. The molecule has 0 aromatic carbocycles. The van der Waals surface area contributed by atoms with Gasteiger partial charge in [0.05, 0.1) is 6.04 Å². The molecule has 0 radical (unpaired) electrons. The van der Waals surface area contributed by atoms with Gasteiger partial charge in [-0.05, 0) is 43.7 Å². The largest absolute Gasteiger partial charge is 0.325 e. The smallest absolute Gasteiger partial charge is 0.241 e. The van der Waals surface area contributed by atoms with Gasteiger partial charge in [-0.3, -0.25) is 9.78 Å². The van der Waals surface area contributed by atoms with Crippen molar-refractivity contribution in [1.29, 1.82) is 0 Å². The zero-order valence-corrected chi connectivity index (χ0v) is 11.1. The fraction of sp³-hybridized carbons (Fsp3) is 0.600. The van der Waals surface area contributed by atoms with E-state index in [1.54, 1.807) is 12.4 Å². The molecular weight excluding hydrogens is 238 g/mol. The second kappa shape index (κ2) is 5.70. The Morgan fingerprint density at radius 2 is 1.95 bits per heavy atom. The summed E-state index contributed by atoms with van der Waals surface area (Å²) in [6, 6.07) is 4.16. The molecule has 19 heavy (non-hydrogen) atoms. The lowest BCUT2D eigenvalue weighted by Crippen LogP contribution is -2.53. The number of anilines is 1. The van der Waals surface area contributed by atoms with E-state index < -0.39 is 0 Å². The molecule has 0 spiro atoms. The molecule has 3 atom stereocenters. The zero-order valence-electron chi connectivity index (χ0n) is 11.1. The van der Waals surface area contributed by atoms with Gasteiger partial charge in [0.25, 0.3) is 0 Å². The van der Waals surface area contributed by atoms with Gasteiger partial charge < -0.3 is 10.6 Å². The molecule has 3 rings (SSSR count). The van der Waals surface area contributed by atoms with Crippen LogP contribution in [0.1, 0.15) is 38.5 Å². The average molecular weight is 259 g/mol. The van der Waals surface area contributed by atoms with Crippen LogP contribution in [0, 0.1) is 5.92 Å². The van der Waals surface area contributed by atoms with Crippen LogP contribution in [-0.4, -0.2) is 23.0 Å². The van der Waals surface area contributed by atoms with Crippen molar-refractivity contribution < 1.29 is 4.79 Å². The van der Waals surface area contributed by atoms with Gasteiger partial charge in [0.2, 0.25) is 5.91 Å². The van der Waals surface area contributed by atoms with Crippen LogP contribution in [0.2, 0.25) is 0 Å². The van der Waals surface area contributed by atoms with Crippen molar-refractivity contribution in [1.82, 2.24) is 10.3 Å². The third-order valence-corrected chi connectivity index (χ3v) is 4.41. The van der Waals surface area contributed by atoms with E-state index in [1.807, 2.05) is 12.1 Å². The number of nitrogens with zero attached hydrogens (tertiary/aromatic N) is 1. The van der Waals surface area contributed by atoms with Gasteiger partial charge in [0.15, 0.2) is 0 Å². The predicted octanol–water partition coefficient (Wildman–Crippen LogP) is 2.33. The Labute approximate surface area is 114 Å². The van der Waals surface area contributed by atoms with E-state index in [-0.39, 0.29) is 11.9 Å². The third kappa shape index (κ3) is 2.95. The van der Waals surface area contributed by atoms with E-state index >= 15 is 0 Å². The van der Waals surface area contributed by atoms with Crippen LogP contribution < -0.4 is 10.6 Å². The maximum absolute atomic E-state index is 12.2. The second-order valence-corrected chi connectivity index (χ2v) is 5.67. The van der Waals surface area contributed by atoms with Crippen molar-refractivity contribution in [3.05, 3.63) is 24.5 Å². The fourth-order valence-corrected chi connectivity index (χ4v) is 3.37. The molecule has 2 aliphatic rings. The SMILES string of the molecule is O=C(Nc1ccncc1)C1CCC2CCCCC2N1. The number of aromatic nitrogens is 1. The summed E-state index contributed by atoms with van der Waals surface area (Å²) in [5.41, 5.74) is 0.826. The Morgan fingerprint density at radius 1 is 1.16 bits per heavy atom. The first-order chi connectivity index (χ1) is 9.33. The number of hydrogen-bond donors (Lipinski definition) is 2. The van der Waals surface area contributed by atoms with Crippen molar-refractivity contribution in [2.45, 2.75) is 50.6 Å². The summed E-state index contributed by atoms with van der Waals surface area (Å²) in [6.07, 6.45) is 10.7. The second-order valence-electron chi connectivity index (χ2n) is 5.67. The fourth-order valence-electron chi connectivity index (χ4n) is 3.37. The van der Waals surface area contributed by atoms with Crippen LogP contribution in [0.25, 0.3) is 0 Å². The number of carbonyl (C=O) groups excluding carboxylic acids is 1. The van der Waals surface area contributed by atoms with E-state index in [2.05, 4.69) is 15.6 Å². The van der Waals surface area contributed by atoms with Crippen LogP contribution in [-0.2, 0) is 4.79 Å². The van der Waals surface area contributed by atoms with E-state index in [0.29, 0.717) is 6.04 Å². The molecule has 4 heteroatoms. The molecule has 2 N–H and O–H groups in total. The minimum Gasteiger partial charge on any atom is -0.325 e. The van der Waals surface area contributed by atoms with Crippen LogP contribution in [0.3, 0.4) is 0 Å². The van der Waals surface area contributed by atoms with Crippen LogP contribution >= 0.6 is 0 Å². The topological polar surface area (TPSA) is 54.0 Å². The van der Waals surface area contributed by atoms with Crippen LogP contribution in [0.4, 0.5) is 5.69 Å². The van der Waals surface area contributed by atoms with Crippen molar-refractivity contribution in [3.8, 4) is 0 Å². The number of nitrogens with one attached hydrogen (secondary N) is 2. The molecule has 1 amide bonds. The van der Waals surface area contributed by atoms with E-state index in [1.165, 1.54) is 32.1 Å². The monoisotopic (exact) mass is 259 g/mol. The highest BCUT2D eigenvalue weighted by molar-refractivity contribution is 5.94. The van der Waals surface area contributed by atoms with Crippen molar-refractivity contribution in [2.75, 3.05) is 5.32 Å². The summed E-state index contributed by atoms with van der Waals surface area (Å²) in [6.45, 7) is 0. The van der Waals surface area contributed by atoms with Crippen molar-refractivity contribution in [3.63, 3.8) is 0 Å². The van der Waals surface area contributed by atoms with E-state index in [4.69, 9.17) is 0 Å². The first-order valence-electron chi connectivity index (χ1n) is 7.30. The van der Waals surface area contributed by atoms with Crippen LogP contribution in [0.5, 0.6) is 0 Å². The normalized spacial score (nSPS) is 30.4. The number of fused-ring (bicyclic) bond motifs is 1. The minimum atomic E-state index is -0.0347. The lowest BCUT2D eigenvalue weighted by molar-refractivity contribution is -0.119. The molecule has 1 aromatic rings. The number of amides is 1. The Kier molecular flexibility index (Phi) is 3.78. The molecule has 1 aromatic heterocycles.